The normalized spacial score (nSPS) is 11.8. The molecule has 0 radical (unpaired) electrons. The number of carbonyl (C=O) groups is 2. The average Bonchev–Trinajstić information content (AvgIpc) is 3.08. The summed E-state index contributed by atoms with van der Waals surface area (Å²) in [6.07, 6.45) is 1.30. The number of thiazole rings is 1. The molecule has 0 spiro atoms. The molecule has 0 bridgehead atoms. The Morgan fingerprint density at radius 1 is 1.17 bits per heavy atom. The molecule has 1 heterocycles. The van der Waals surface area contributed by atoms with Gasteiger partial charge in [-0.2, -0.15) is 0 Å². The van der Waals surface area contributed by atoms with Crippen LogP contribution in [0.5, 0.6) is 0 Å². The average molecular weight is 439 g/mol. The molecule has 2 amide bonds. The van der Waals surface area contributed by atoms with E-state index in [0.29, 0.717) is 16.5 Å². The maximum atomic E-state index is 12.0. The fourth-order valence-electron chi connectivity index (χ4n) is 2.23. The van der Waals surface area contributed by atoms with Crippen molar-refractivity contribution in [3.05, 3.63) is 29.6 Å². The number of hydrogen-bond acceptors (Lipinski definition) is 6. The van der Waals surface area contributed by atoms with Crippen LogP contribution in [-0.2, 0) is 19.6 Å². The molecule has 1 aromatic carbocycles. The number of sulfonamides is 1. The molecule has 0 fully saturated rings. The van der Waals surface area contributed by atoms with E-state index in [0.717, 1.165) is 11.8 Å². The minimum Gasteiger partial charge on any atom is -0.355 e. The molecule has 0 aliphatic rings. The number of anilines is 2. The van der Waals surface area contributed by atoms with Gasteiger partial charge in [-0.1, -0.05) is 32.9 Å². The molecule has 0 saturated carbocycles. The van der Waals surface area contributed by atoms with E-state index in [-0.39, 0.29) is 24.8 Å². The Morgan fingerprint density at radius 3 is 2.34 bits per heavy atom. The summed E-state index contributed by atoms with van der Waals surface area (Å²) in [5.74, 6) is -0.336. The lowest BCUT2D eigenvalue weighted by Gasteiger charge is -2.17. The molecule has 2 N–H and O–H groups in total. The molecular weight excluding hydrogens is 412 g/mol. The minimum absolute atomic E-state index is 0.105. The highest BCUT2D eigenvalue weighted by Gasteiger charge is 2.20. The molecular formula is C19H26N4O4S2. The highest BCUT2D eigenvalue weighted by Crippen LogP contribution is 2.27. The summed E-state index contributed by atoms with van der Waals surface area (Å²) >= 11 is 1.29. The van der Waals surface area contributed by atoms with Crippen LogP contribution in [0.15, 0.2) is 29.6 Å². The molecule has 0 saturated heterocycles. The first-order valence-corrected chi connectivity index (χ1v) is 11.7. The van der Waals surface area contributed by atoms with Gasteiger partial charge in [0.1, 0.15) is 0 Å². The van der Waals surface area contributed by atoms with Crippen LogP contribution in [0.25, 0.3) is 11.3 Å². The molecule has 2 aromatic rings. The Hall–Kier alpha value is -2.46. The van der Waals surface area contributed by atoms with Crippen LogP contribution in [-0.4, -0.2) is 45.1 Å². The number of hydrogen-bond donors (Lipinski definition) is 2. The van der Waals surface area contributed by atoms with Crippen LogP contribution in [0.2, 0.25) is 0 Å². The lowest BCUT2D eigenvalue weighted by atomic mass is 9.96. The largest absolute Gasteiger partial charge is 0.355 e. The third-order valence-corrected chi connectivity index (χ3v) is 6.06. The zero-order chi connectivity index (χ0) is 21.8. The van der Waals surface area contributed by atoms with Gasteiger partial charge < -0.3 is 10.6 Å². The number of nitrogens with zero attached hydrogens (tertiary/aromatic N) is 2. The van der Waals surface area contributed by atoms with E-state index in [9.17, 15) is 18.0 Å². The Labute approximate surface area is 175 Å². The molecule has 1 aromatic heterocycles. The van der Waals surface area contributed by atoms with Crippen molar-refractivity contribution in [1.82, 2.24) is 10.3 Å². The first-order chi connectivity index (χ1) is 13.4. The summed E-state index contributed by atoms with van der Waals surface area (Å²) in [4.78, 5) is 28.2. The van der Waals surface area contributed by atoms with Crippen LogP contribution in [0, 0.1) is 5.41 Å². The lowest BCUT2D eigenvalue weighted by Crippen LogP contribution is -2.36. The minimum atomic E-state index is -3.32. The fraction of sp³-hybridized carbons (Fsp3) is 0.421. The van der Waals surface area contributed by atoms with Gasteiger partial charge in [0.05, 0.1) is 17.6 Å². The monoisotopic (exact) mass is 438 g/mol. The first kappa shape index (κ1) is 22.8. The number of rotatable bonds is 7. The molecule has 158 valence electrons. The summed E-state index contributed by atoms with van der Waals surface area (Å²) in [5, 5.41) is 7.73. The lowest BCUT2D eigenvalue weighted by molar-refractivity contribution is -0.128. The molecule has 0 unspecified atom stereocenters. The fourth-order valence-corrected chi connectivity index (χ4v) is 3.47. The summed E-state index contributed by atoms with van der Waals surface area (Å²) in [6.45, 7) is 5.69. The van der Waals surface area contributed by atoms with E-state index in [4.69, 9.17) is 0 Å². The molecule has 2 rings (SSSR count). The van der Waals surface area contributed by atoms with Crippen LogP contribution in [0.3, 0.4) is 0 Å². The number of aromatic nitrogens is 1. The number of amides is 2. The SMILES string of the molecule is CN(c1ccc(-c2csc(NC(=O)CCNC(=O)C(C)(C)C)n2)cc1)S(C)(=O)=O. The van der Waals surface area contributed by atoms with Gasteiger partial charge in [-0.3, -0.25) is 13.9 Å². The van der Waals surface area contributed by atoms with Crippen molar-refractivity contribution >= 4 is 44.0 Å². The number of nitrogens with one attached hydrogen (secondary N) is 2. The van der Waals surface area contributed by atoms with Crippen molar-refractivity contribution in [3.63, 3.8) is 0 Å². The van der Waals surface area contributed by atoms with Crippen molar-refractivity contribution in [2.24, 2.45) is 5.41 Å². The standard InChI is InChI=1S/C19H26N4O4S2/c1-19(2,3)17(25)20-11-10-16(24)22-18-21-15(12-28-18)13-6-8-14(9-7-13)23(4)29(5,26)27/h6-9,12H,10-11H2,1-5H3,(H,20,25)(H,21,22,24). The van der Waals surface area contributed by atoms with Gasteiger partial charge in [-0.25, -0.2) is 13.4 Å². The number of benzene rings is 1. The second-order valence-electron chi connectivity index (χ2n) is 7.62. The van der Waals surface area contributed by atoms with Crippen LogP contribution in [0.4, 0.5) is 10.8 Å². The van der Waals surface area contributed by atoms with E-state index in [1.807, 2.05) is 26.2 Å². The second kappa shape index (κ2) is 8.91. The predicted octanol–water partition coefficient (Wildman–Crippen LogP) is 2.70. The van der Waals surface area contributed by atoms with Crippen molar-refractivity contribution in [2.45, 2.75) is 27.2 Å². The topological polar surface area (TPSA) is 108 Å². The first-order valence-electron chi connectivity index (χ1n) is 8.96. The molecule has 10 heteroatoms. The van der Waals surface area contributed by atoms with E-state index in [2.05, 4.69) is 15.6 Å². The summed E-state index contributed by atoms with van der Waals surface area (Å²) in [5.41, 5.74) is 1.55. The Kier molecular flexibility index (Phi) is 7.02. The molecule has 0 aliphatic heterocycles. The second-order valence-corrected chi connectivity index (χ2v) is 10.5. The van der Waals surface area contributed by atoms with Crippen molar-refractivity contribution in [1.29, 1.82) is 0 Å². The van der Waals surface area contributed by atoms with Crippen molar-refractivity contribution < 1.29 is 18.0 Å². The van der Waals surface area contributed by atoms with Crippen LogP contribution >= 0.6 is 11.3 Å². The Balaban J connectivity index is 1.94. The Morgan fingerprint density at radius 2 is 1.79 bits per heavy atom. The third-order valence-electron chi connectivity index (χ3n) is 4.09. The van der Waals surface area contributed by atoms with Gasteiger partial charge in [0, 0.05) is 36.4 Å². The van der Waals surface area contributed by atoms with E-state index >= 15 is 0 Å². The zero-order valence-electron chi connectivity index (χ0n) is 17.1. The summed E-state index contributed by atoms with van der Waals surface area (Å²) < 4.78 is 24.4. The van der Waals surface area contributed by atoms with Crippen LogP contribution < -0.4 is 14.9 Å². The van der Waals surface area contributed by atoms with Crippen molar-refractivity contribution in [3.8, 4) is 11.3 Å². The van der Waals surface area contributed by atoms with Crippen molar-refractivity contribution in [2.75, 3.05) is 29.5 Å². The van der Waals surface area contributed by atoms with Gasteiger partial charge >= 0.3 is 0 Å². The summed E-state index contributed by atoms with van der Waals surface area (Å²) in [6, 6.07) is 6.96. The molecule has 8 nitrogen and oxygen atoms in total. The van der Waals surface area contributed by atoms with E-state index in [1.165, 1.54) is 22.7 Å². The molecule has 0 aliphatic carbocycles. The maximum absolute atomic E-state index is 12.0. The highest BCUT2D eigenvalue weighted by atomic mass is 32.2. The predicted molar refractivity (Wildman–Crippen MR) is 117 cm³/mol. The summed E-state index contributed by atoms with van der Waals surface area (Å²) in [7, 11) is -1.83. The van der Waals surface area contributed by atoms with Gasteiger partial charge in [0.15, 0.2) is 5.13 Å². The molecule has 0 atom stereocenters. The van der Waals surface area contributed by atoms with Gasteiger partial charge in [0.2, 0.25) is 21.8 Å². The highest BCUT2D eigenvalue weighted by molar-refractivity contribution is 7.92. The van der Waals surface area contributed by atoms with Gasteiger partial charge in [-0.05, 0) is 12.1 Å². The van der Waals surface area contributed by atoms with Crippen LogP contribution in [0.1, 0.15) is 27.2 Å². The van der Waals surface area contributed by atoms with Gasteiger partial charge in [0.25, 0.3) is 0 Å². The molecule has 29 heavy (non-hydrogen) atoms. The third kappa shape index (κ3) is 6.53. The quantitative estimate of drug-likeness (QED) is 0.691. The number of carbonyl (C=O) groups excluding carboxylic acids is 2. The Bertz CT molecular complexity index is 976. The van der Waals surface area contributed by atoms with E-state index < -0.39 is 15.4 Å². The maximum Gasteiger partial charge on any atom is 0.231 e. The van der Waals surface area contributed by atoms with E-state index in [1.54, 1.807) is 24.3 Å². The zero-order valence-corrected chi connectivity index (χ0v) is 18.8. The smallest absolute Gasteiger partial charge is 0.231 e. The van der Waals surface area contributed by atoms with Gasteiger partial charge in [-0.15, -0.1) is 11.3 Å².